The van der Waals surface area contributed by atoms with Gasteiger partial charge in [0, 0.05) is 22.7 Å². The molecule has 0 bridgehead atoms. The predicted molar refractivity (Wildman–Crippen MR) is 53.8 cm³/mol. The van der Waals surface area contributed by atoms with Gasteiger partial charge in [-0.25, -0.2) is 0 Å². The summed E-state index contributed by atoms with van der Waals surface area (Å²) in [6, 6.07) is 3.44. The molecule has 0 fully saturated rings. The van der Waals surface area contributed by atoms with Crippen LogP contribution in [0.4, 0.5) is 0 Å². The van der Waals surface area contributed by atoms with Crippen LogP contribution in [0.15, 0.2) is 12.1 Å². The summed E-state index contributed by atoms with van der Waals surface area (Å²) < 4.78 is 5.10. The van der Waals surface area contributed by atoms with Gasteiger partial charge >= 0.3 is 0 Å². The van der Waals surface area contributed by atoms with Crippen molar-refractivity contribution in [3.63, 3.8) is 0 Å². The van der Waals surface area contributed by atoms with Gasteiger partial charge in [0.15, 0.2) is 0 Å². The fourth-order valence-corrected chi connectivity index (χ4v) is 1.36. The molecule has 0 spiro atoms. The van der Waals surface area contributed by atoms with Crippen LogP contribution in [0.5, 0.6) is 5.75 Å². The van der Waals surface area contributed by atoms with Gasteiger partial charge in [0.05, 0.1) is 7.11 Å². The second-order valence-corrected chi connectivity index (χ2v) is 2.89. The van der Waals surface area contributed by atoms with Crippen molar-refractivity contribution in [2.75, 3.05) is 7.11 Å². The minimum Gasteiger partial charge on any atom is -0.496 e. The molecule has 0 radical (unpaired) electrons. The Morgan fingerprint density at radius 1 is 1.62 bits per heavy atom. The monoisotopic (exact) mass is 195 g/mol. The standard InChI is InChI=1S/C10H10ClNO/c1-3-7-4-9(11)8(6-12)10(5-7)13-2/h1,4-5H,6,12H2,2H3. The fraction of sp³-hybridized carbons (Fsp3) is 0.200. The van der Waals surface area contributed by atoms with E-state index in [1.165, 1.54) is 0 Å². The first-order chi connectivity index (χ1) is 6.22. The second kappa shape index (κ2) is 4.18. The number of nitrogens with two attached hydrogens (primary N) is 1. The summed E-state index contributed by atoms with van der Waals surface area (Å²) in [6.45, 7) is 0.340. The molecule has 1 rings (SSSR count). The molecule has 0 aliphatic rings. The lowest BCUT2D eigenvalue weighted by molar-refractivity contribution is 0.410. The maximum Gasteiger partial charge on any atom is 0.126 e. The van der Waals surface area contributed by atoms with Crippen molar-refractivity contribution >= 4 is 11.6 Å². The van der Waals surface area contributed by atoms with E-state index in [1.807, 2.05) is 0 Å². The number of methoxy groups -OCH3 is 1. The van der Waals surface area contributed by atoms with E-state index in [4.69, 9.17) is 28.5 Å². The molecule has 0 atom stereocenters. The Hall–Kier alpha value is -1.17. The van der Waals surface area contributed by atoms with E-state index in [9.17, 15) is 0 Å². The second-order valence-electron chi connectivity index (χ2n) is 2.49. The van der Waals surface area contributed by atoms with Crippen LogP contribution < -0.4 is 10.5 Å². The molecule has 0 saturated carbocycles. The number of hydrogen-bond donors (Lipinski definition) is 1. The van der Waals surface area contributed by atoms with Gasteiger partial charge in [0.2, 0.25) is 0 Å². The molecule has 3 heteroatoms. The lowest BCUT2D eigenvalue weighted by Gasteiger charge is -2.08. The molecular formula is C10H10ClNO. The first-order valence-electron chi connectivity index (χ1n) is 3.76. The minimum absolute atomic E-state index is 0.340. The van der Waals surface area contributed by atoms with Crippen LogP contribution in [0, 0.1) is 12.3 Å². The van der Waals surface area contributed by atoms with Crippen molar-refractivity contribution in [3.05, 3.63) is 28.3 Å². The van der Waals surface area contributed by atoms with Gasteiger partial charge in [0.1, 0.15) is 5.75 Å². The van der Waals surface area contributed by atoms with Gasteiger partial charge in [-0.15, -0.1) is 6.42 Å². The molecular weight excluding hydrogens is 186 g/mol. The van der Waals surface area contributed by atoms with Crippen LogP contribution in [0.2, 0.25) is 5.02 Å². The summed E-state index contributed by atoms with van der Waals surface area (Å²) in [5, 5.41) is 0.551. The zero-order chi connectivity index (χ0) is 9.84. The van der Waals surface area contributed by atoms with Gasteiger partial charge < -0.3 is 10.5 Å². The Kier molecular flexibility index (Phi) is 3.18. The third-order valence-electron chi connectivity index (χ3n) is 1.75. The van der Waals surface area contributed by atoms with Gasteiger partial charge in [-0.2, -0.15) is 0 Å². The highest BCUT2D eigenvalue weighted by Crippen LogP contribution is 2.27. The number of hydrogen-bond acceptors (Lipinski definition) is 2. The van der Waals surface area contributed by atoms with E-state index < -0.39 is 0 Å². The summed E-state index contributed by atoms with van der Waals surface area (Å²) in [6.07, 6.45) is 5.24. The van der Waals surface area contributed by atoms with Crippen LogP contribution in [0.25, 0.3) is 0 Å². The number of terminal acetylenes is 1. The zero-order valence-electron chi connectivity index (χ0n) is 7.30. The average molecular weight is 196 g/mol. The molecule has 1 aromatic rings. The molecule has 13 heavy (non-hydrogen) atoms. The average Bonchev–Trinajstić information content (AvgIpc) is 2.16. The number of benzene rings is 1. The Labute approximate surface area is 82.6 Å². The first kappa shape index (κ1) is 9.91. The Balaban J connectivity index is 3.31. The van der Waals surface area contributed by atoms with E-state index in [0.29, 0.717) is 22.9 Å². The van der Waals surface area contributed by atoms with Gasteiger partial charge in [0.25, 0.3) is 0 Å². The van der Waals surface area contributed by atoms with Crippen LogP contribution in [-0.4, -0.2) is 7.11 Å². The largest absolute Gasteiger partial charge is 0.496 e. The van der Waals surface area contributed by atoms with Crippen LogP contribution in [-0.2, 0) is 6.54 Å². The third kappa shape index (κ3) is 1.95. The molecule has 0 unspecified atom stereocenters. The van der Waals surface area contributed by atoms with Gasteiger partial charge in [-0.05, 0) is 12.1 Å². The lowest BCUT2D eigenvalue weighted by atomic mass is 10.1. The van der Waals surface area contributed by atoms with Crippen LogP contribution >= 0.6 is 11.6 Å². The SMILES string of the molecule is C#Cc1cc(Cl)c(CN)c(OC)c1. The third-order valence-corrected chi connectivity index (χ3v) is 2.08. The Bertz CT molecular complexity index is 355. The first-order valence-corrected chi connectivity index (χ1v) is 4.13. The highest BCUT2D eigenvalue weighted by atomic mass is 35.5. The van der Waals surface area contributed by atoms with Crippen molar-refractivity contribution in [1.82, 2.24) is 0 Å². The summed E-state index contributed by atoms with van der Waals surface area (Å²) in [5.74, 6) is 3.13. The van der Waals surface area contributed by atoms with Crippen molar-refractivity contribution in [3.8, 4) is 18.1 Å². The van der Waals surface area contributed by atoms with E-state index in [0.717, 1.165) is 5.56 Å². The van der Waals surface area contributed by atoms with E-state index in [-0.39, 0.29) is 0 Å². The molecule has 68 valence electrons. The Morgan fingerprint density at radius 3 is 2.77 bits per heavy atom. The predicted octanol–water partition coefficient (Wildman–Crippen LogP) is 1.79. The minimum atomic E-state index is 0.340. The fourth-order valence-electron chi connectivity index (χ4n) is 1.07. The summed E-state index contributed by atoms with van der Waals surface area (Å²) >= 11 is 5.94. The van der Waals surface area contributed by atoms with Crippen LogP contribution in [0.1, 0.15) is 11.1 Å². The van der Waals surface area contributed by atoms with Crippen molar-refractivity contribution in [2.24, 2.45) is 5.73 Å². The zero-order valence-corrected chi connectivity index (χ0v) is 8.06. The lowest BCUT2D eigenvalue weighted by Crippen LogP contribution is -2.01. The van der Waals surface area contributed by atoms with Crippen molar-refractivity contribution in [2.45, 2.75) is 6.54 Å². The summed E-state index contributed by atoms with van der Waals surface area (Å²) in [4.78, 5) is 0. The highest BCUT2D eigenvalue weighted by molar-refractivity contribution is 6.31. The number of halogens is 1. The van der Waals surface area contributed by atoms with E-state index in [2.05, 4.69) is 5.92 Å². The summed E-state index contributed by atoms with van der Waals surface area (Å²) in [7, 11) is 1.56. The van der Waals surface area contributed by atoms with Crippen molar-refractivity contribution < 1.29 is 4.74 Å². The van der Waals surface area contributed by atoms with Crippen LogP contribution in [0.3, 0.4) is 0 Å². The summed E-state index contributed by atoms with van der Waals surface area (Å²) in [5.41, 5.74) is 6.98. The molecule has 0 aliphatic carbocycles. The van der Waals surface area contributed by atoms with Gasteiger partial charge in [-0.3, -0.25) is 0 Å². The molecule has 0 amide bonds. The van der Waals surface area contributed by atoms with Crippen molar-refractivity contribution in [1.29, 1.82) is 0 Å². The smallest absolute Gasteiger partial charge is 0.126 e. The molecule has 0 saturated heterocycles. The normalized spacial score (nSPS) is 9.38. The quantitative estimate of drug-likeness (QED) is 0.731. The highest BCUT2D eigenvalue weighted by Gasteiger charge is 2.07. The number of ether oxygens (including phenoxy) is 1. The molecule has 0 aliphatic heterocycles. The maximum atomic E-state index is 5.94. The maximum absolute atomic E-state index is 5.94. The molecule has 2 nitrogen and oxygen atoms in total. The number of rotatable bonds is 2. The molecule has 1 aromatic carbocycles. The van der Waals surface area contributed by atoms with E-state index in [1.54, 1.807) is 19.2 Å². The Morgan fingerprint density at radius 2 is 2.31 bits per heavy atom. The molecule has 2 N–H and O–H groups in total. The van der Waals surface area contributed by atoms with E-state index >= 15 is 0 Å². The molecule has 0 aromatic heterocycles. The topological polar surface area (TPSA) is 35.2 Å². The molecule has 0 heterocycles. The van der Waals surface area contributed by atoms with Gasteiger partial charge in [-0.1, -0.05) is 17.5 Å².